The second-order valence-electron chi connectivity index (χ2n) is 6.22. The minimum absolute atomic E-state index is 0.0365. The van der Waals surface area contributed by atoms with Crippen molar-refractivity contribution in [3.8, 4) is 0 Å². The van der Waals surface area contributed by atoms with Crippen LogP contribution < -0.4 is 22.1 Å². The number of nitrogens with zero attached hydrogens (tertiary/aromatic N) is 1. The van der Waals surface area contributed by atoms with Crippen molar-refractivity contribution in [2.45, 2.75) is 38.1 Å². The zero-order chi connectivity index (χ0) is 17.4. The number of rotatable bonds is 9. The normalized spacial score (nSPS) is 11.4. The third kappa shape index (κ3) is 6.25. The summed E-state index contributed by atoms with van der Waals surface area (Å²) < 4.78 is 1.51. The van der Waals surface area contributed by atoms with Gasteiger partial charge in [-0.05, 0) is 44.6 Å². The van der Waals surface area contributed by atoms with Crippen molar-refractivity contribution in [3.05, 3.63) is 63.4 Å². The zero-order valence-corrected chi connectivity index (χ0v) is 14.9. The van der Waals surface area contributed by atoms with Crippen LogP contribution in [0.3, 0.4) is 0 Å². The number of aromatic amines is 1. The Morgan fingerprint density at radius 3 is 2.62 bits per heavy atom. The lowest BCUT2D eigenvalue weighted by molar-refractivity contribution is 0.388. The summed E-state index contributed by atoms with van der Waals surface area (Å²) in [5, 5.41) is 0. The van der Waals surface area contributed by atoms with Gasteiger partial charge in [-0.1, -0.05) is 18.2 Å². The van der Waals surface area contributed by atoms with E-state index in [9.17, 15) is 9.59 Å². The fourth-order valence-corrected chi connectivity index (χ4v) is 3.03. The summed E-state index contributed by atoms with van der Waals surface area (Å²) >= 11 is 1.67. The first-order chi connectivity index (χ1) is 11.5. The molecule has 1 aromatic carbocycles. The molecule has 0 saturated carbocycles. The molecular formula is C17H24N4O2S. The van der Waals surface area contributed by atoms with Crippen LogP contribution in [0.4, 0.5) is 5.69 Å². The number of nitrogens with one attached hydrogen (secondary N) is 3. The van der Waals surface area contributed by atoms with Crippen LogP contribution in [-0.2, 0) is 5.88 Å². The Kier molecular flexibility index (Phi) is 6.69. The van der Waals surface area contributed by atoms with Gasteiger partial charge in [-0.3, -0.25) is 14.3 Å². The number of para-hydroxylation sites is 1. The van der Waals surface area contributed by atoms with Crippen LogP contribution in [0.1, 0.15) is 26.7 Å². The molecule has 3 N–H and O–H groups in total. The van der Waals surface area contributed by atoms with Crippen molar-refractivity contribution >= 4 is 17.4 Å². The van der Waals surface area contributed by atoms with Crippen LogP contribution >= 0.6 is 11.8 Å². The fraction of sp³-hybridized carbons (Fsp3) is 0.412. The van der Waals surface area contributed by atoms with E-state index in [0.29, 0.717) is 5.88 Å². The molecule has 0 atom stereocenters. The van der Waals surface area contributed by atoms with E-state index in [-0.39, 0.29) is 16.8 Å². The van der Waals surface area contributed by atoms with E-state index in [2.05, 4.69) is 29.7 Å². The highest BCUT2D eigenvalue weighted by molar-refractivity contribution is 7.98. The van der Waals surface area contributed by atoms with Crippen molar-refractivity contribution in [3.63, 3.8) is 0 Å². The van der Waals surface area contributed by atoms with Crippen molar-refractivity contribution < 1.29 is 0 Å². The molecule has 0 bridgehead atoms. The molecule has 0 spiro atoms. The summed E-state index contributed by atoms with van der Waals surface area (Å²) in [5.41, 5.74) is 6.86. The van der Waals surface area contributed by atoms with Gasteiger partial charge in [0.15, 0.2) is 0 Å². The van der Waals surface area contributed by atoms with Crippen molar-refractivity contribution in [2.24, 2.45) is 0 Å². The van der Waals surface area contributed by atoms with Crippen molar-refractivity contribution in [1.82, 2.24) is 15.0 Å². The van der Waals surface area contributed by atoms with Crippen LogP contribution in [0.5, 0.6) is 0 Å². The van der Waals surface area contributed by atoms with Crippen LogP contribution in [0, 0.1) is 0 Å². The average molecular weight is 348 g/mol. The van der Waals surface area contributed by atoms with Gasteiger partial charge in [-0.2, -0.15) is 0 Å². The van der Waals surface area contributed by atoms with Crippen LogP contribution in [-0.4, -0.2) is 20.8 Å². The topological polar surface area (TPSA) is 78.9 Å². The van der Waals surface area contributed by atoms with Gasteiger partial charge in [-0.15, -0.1) is 11.8 Å². The van der Waals surface area contributed by atoms with Gasteiger partial charge in [0.25, 0.3) is 5.56 Å². The minimum atomic E-state index is -0.361. The molecular weight excluding hydrogens is 324 g/mol. The van der Waals surface area contributed by atoms with E-state index >= 15 is 0 Å². The highest BCUT2D eigenvalue weighted by Crippen LogP contribution is 2.15. The molecule has 0 aliphatic rings. The zero-order valence-electron chi connectivity index (χ0n) is 14.0. The molecule has 0 saturated heterocycles. The van der Waals surface area contributed by atoms with Gasteiger partial charge in [0, 0.05) is 23.5 Å². The third-order valence-corrected chi connectivity index (χ3v) is 4.57. The minimum Gasteiger partial charge on any atom is -0.321 e. The maximum Gasteiger partial charge on any atom is 0.329 e. The molecule has 0 aliphatic heterocycles. The number of benzene rings is 1. The second-order valence-corrected chi connectivity index (χ2v) is 7.30. The number of anilines is 1. The first kappa shape index (κ1) is 18.4. The first-order valence-electron chi connectivity index (χ1n) is 7.92. The summed E-state index contributed by atoms with van der Waals surface area (Å²) in [6.45, 7) is 4.31. The summed E-state index contributed by atoms with van der Waals surface area (Å²) in [5.74, 6) is 1.49. The highest BCUT2D eigenvalue weighted by Gasteiger charge is 2.16. The van der Waals surface area contributed by atoms with Gasteiger partial charge in [-0.25, -0.2) is 10.2 Å². The summed E-state index contributed by atoms with van der Waals surface area (Å²) in [6.07, 6.45) is 3.56. The molecule has 0 aliphatic carbocycles. The lowest BCUT2D eigenvalue weighted by Gasteiger charge is -2.27. The van der Waals surface area contributed by atoms with Crippen molar-refractivity contribution in [1.29, 1.82) is 0 Å². The van der Waals surface area contributed by atoms with Gasteiger partial charge in [0.1, 0.15) is 0 Å². The predicted octanol–water partition coefficient (Wildman–Crippen LogP) is 2.40. The molecule has 6 nitrogen and oxygen atoms in total. The lowest BCUT2D eigenvalue weighted by Crippen LogP contribution is -2.43. The van der Waals surface area contributed by atoms with E-state index < -0.39 is 0 Å². The monoisotopic (exact) mass is 348 g/mol. The number of H-pyrrole nitrogens is 1. The van der Waals surface area contributed by atoms with Crippen LogP contribution in [0.2, 0.25) is 0 Å². The number of hydrazine groups is 1. The van der Waals surface area contributed by atoms with E-state index in [1.165, 1.54) is 16.8 Å². The van der Waals surface area contributed by atoms with Gasteiger partial charge >= 0.3 is 5.69 Å². The predicted molar refractivity (Wildman–Crippen MR) is 100 cm³/mol. The molecule has 1 aromatic heterocycles. The lowest BCUT2D eigenvalue weighted by atomic mass is 10.0. The van der Waals surface area contributed by atoms with Crippen LogP contribution in [0.25, 0.3) is 0 Å². The Labute approximate surface area is 145 Å². The summed E-state index contributed by atoms with van der Waals surface area (Å²) in [6, 6.07) is 11.4. The van der Waals surface area contributed by atoms with E-state index in [4.69, 9.17) is 0 Å². The first-order valence-corrected chi connectivity index (χ1v) is 9.07. The quantitative estimate of drug-likeness (QED) is 0.479. The second kappa shape index (κ2) is 8.75. The smallest absolute Gasteiger partial charge is 0.321 e. The standard InChI is InChI=1S/C17H24N4O2S/c1-17(2,20-19-14-7-4-3-5-8-14)10-6-12-24-13-21-11-9-15(22)18-16(21)23/h3-5,7-9,11,19-20H,6,10,12-13H2,1-2H3,(H,18,22,23). The summed E-state index contributed by atoms with van der Waals surface area (Å²) in [7, 11) is 0. The highest BCUT2D eigenvalue weighted by atomic mass is 32.2. The van der Waals surface area contributed by atoms with Crippen molar-refractivity contribution in [2.75, 3.05) is 11.2 Å². The molecule has 0 radical (unpaired) electrons. The maximum atomic E-state index is 11.6. The molecule has 1 heterocycles. The fourth-order valence-electron chi connectivity index (χ4n) is 2.15. The van der Waals surface area contributed by atoms with Gasteiger partial charge in [0.2, 0.25) is 0 Å². The maximum absolute atomic E-state index is 11.6. The molecule has 2 rings (SSSR count). The number of hydrogen-bond donors (Lipinski definition) is 3. The Morgan fingerprint density at radius 1 is 1.17 bits per heavy atom. The number of thioether (sulfide) groups is 1. The molecule has 2 aromatic rings. The molecule has 0 amide bonds. The third-order valence-electron chi connectivity index (χ3n) is 3.54. The molecule has 0 fully saturated rings. The Bertz CT molecular complexity index is 740. The van der Waals surface area contributed by atoms with Gasteiger partial charge < -0.3 is 5.43 Å². The molecule has 24 heavy (non-hydrogen) atoms. The SMILES string of the molecule is CC(C)(CCCSCn1ccc(=O)[nH]c1=O)NNc1ccccc1. The average Bonchev–Trinajstić information content (AvgIpc) is 2.55. The van der Waals surface area contributed by atoms with E-state index in [1.54, 1.807) is 11.8 Å². The van der Waals surface area contributed by atoms with E-state index in [0.717, 1.165) is 24.3 Å². The number of aromatic nitrogens is 2. The van der Waals surface area contributed by atoms with Gasteiger partial charge in [0.05, 0.1) is 5.88 Å². The largest absolute Gasteiger partial charge is 0.329 e. The Morgan fingerprint density at radius 2 is 1.92 bits per heavy atom. The molecule has 7 heteroatoms. The van der Waals surface area contributed by atoms with E-state index in [1.807, 2.05) is 30.3 Å². The number of hydrogen-bond acceptors (Lipinski definition) is 5. The molecule has 0 unspecified atom stereocenters. The summed E-state index contributed by atoms with van der Waals surface area (Å²) in [4.78, 5) is 24.8. The Balaban J connectivity index is 1.67. The van der Waals surface area contributed by atoms with Crippen LogP contribution in [0.15, 0.2) is 52.2 Å². The Hall–Kier alpha value is -1.99. The molecule has 130 valence electrons.